The highest BCUT2D eigenvalue weighted by Crippen LogP contribution is 2.53. The van der Waals surface area contributed by atoms with Crippen molar-refractivity contribution in [1.29, 1.82) is 0 Å². The summed E-state index contributed by atoms with van der Waals surface area (Å²) in [4.78, 5) is 24.4. The van der Waals surface area contributed by atoms with Crippen molar-refractivity contribution in [2.75, 3.05) is 11.9 Å². The Hall–Kier alpha value is -2.26. The van der Waals surface area contributed by atoms with Gasteiger partial charge in [-0.3, -0.25) is 20.2 Å². The van der Waals surface area contributed by atoms with Crippen LogP contribution < -0.4 is 10.6 Å². The highest BCUT2D eigenvalue weighted by molar-refractivity contribution is 6.31. The molecule has 4 atom stereocenters. The molecule has 0 aromatic heterocycles. The molecule has 146 valence electrons. The second-order valence-corrected chi connectivity index (χ2v) is 7.63. The molecule has 0 bridgehead atoms. The summed E-state index contributed by atoms with van der Waals surface area (Å²) in [5.41, 5.74) is -0.959. The van der Waals surface area contributed by atoms with Gasteiger partial charge in [0.05, 0.1) is 17.5 Å². The maximum Gasteiger partial charge on any atom is 0.250 e. The average molecular weight is 426 g/mol. The van der Waals surface area contributed by atoms with E-state index in [2.05, 4.69) is 10.6 Å². The number of hydrogen-bond donors (Lipinski definition) is 3. The largest absolute Gasteiger partial charge is 0.394 e. The molecule has 0 aliphatic carbocycles. The van der Waals surface area contributed by atoms with Crippen molar-refractivity contribution in [1.82, 2.24) is 5.32 Å². The maximum absolute atomic E-state index is 14.9. The number of aliphatic hydroxyl groups excluding tert-OH is 1. The molecule has 2 aromatic rings. The van der Waals surface area contributed by atoms with Crippen molar-refractivity contribution in [3.05, 3.63) is 73.5 Å². The van der Waals surface area contributed by atoms with Gasteiger partial charge in [0.25, 0.3) is 0 Å². The number of nitrogens with zero attached hydrogens (tertiary/aromatic N) is 1. The fourth-order valence-electron chi connectivity index (χ4n) is 4.32. The SMILES string of the molecule is O=C1Nc2cc(Cl)ccc2[C@]12N[C@@H](CO)[C@@H]([N+](=O)[O-])[C@@H]2c1cccc(Cl)c1F. The fraction of sp³-hybridized carbons (Fsp3) is 0.278. The first-order valence-electron chi connectivity index (χ1n) is 8.38. The Labute approximate surface area is 168 Å². The summed E-state index contributed by atoms with van der Waals surface area (Å²) < 4.78 is 14.9. The summed E-state index contributed by atoms with van der Waals surface area (Å²) in [5, 5.41) is 27.4. The Morgan fingerprint density at radius 2 is 2.04 bits per heavy atom. The van der Waals surface area contributed by atoms with Gasteiger partial charge in [-0.15, -0.1) is 0 Å². The minimum absolute atomic E-state index is 0.0735. The summed E-state index contributed by atoms with van der Waals surface area (Å²) in [7, 11) is 0. The minimum atomic E-state index is -1.66. The van der Waals surface area contributed by atoms with E-state index in [-0.39, 0.29) is 10.6 Å². The lowest BCUT2D eigenvalue weighted by Crippen LogP contribution is -2.49. The summed E-state index contributed by atoms with van der Waals surface area (Å²) in [6, 6.07) is 6.24. The number of aliphatic hydroxyl groups is 1. The zero-order chi connectivity index (χ0) is 20.2. The van der Waals surface area contributed by atoms with Gasteiger partial charge in [-0.25, -0.2) is 4.39 Å². The molecule has 0 saturated carbocycles. The van der Waals surface area contributed by atoms with E-state index < -0.39 is 46.8 Å². The molecule has 0 unspecified atom stereocenters. The quantitative estimate of drug-likeness (QED) is 0.517. The van der Waals surface area contributed by atoms with E-state index in [1.807, 2.05) is 0 Å². The van der Waals surface area contributed by atoms with Gasteiger partial charge in [-0.2, -0.15) is 0 Å². The Balaban J connectivity index is 2.02. The van der Waals surface area contributed by atoms with Gasteiger partial charge in [0, 0.05) is 26.8 Å². The van der Waals surface area contributed by atoms with E-state index in [0.717, 1.165) is 0 Å². The second kappa shape index (κ2) is 6.66. The van der Waals surface area contributed by atoms with E-state index >= 15 is 0 Å². The van der Waals surface area contributed by atoms with Crippen molar-refractivity contribution >= 4 is 34.8 Å². The van der Waals surface area contributed by atoms with Gasteiger partial charge in [-0.1, -0.05) is 41.4 Å². The number of nitrogens with one attached hydrogen (secondary N) is 2. The van der Waals surface area contributed by atoms with Crippen LogP contribution in [0.15, 0.2) is 36.4 Å². The molecular weight excluding hydrogens is 412 g/mol. The maximum atomic E-state index is 14.9. The van der Waals surface area contributed by atoms with E-state index in [4.69, 9.17) is 23.2 Å². The minimum Gasteiger partial charge on any atom is -0.394 e. The summed E-state index contributed by atoms with van der Waals surface area (Å²) in [5.74, 6) is -2.67. The molecule has 0 radical (unpaired) electrons. The van der Waals surface area contributed by atoms with Crippen LogP contribution in [0.4, 0.5) is 10.1 Å². The number of amides is 1. The molecule has 2 aliphatic rings. The van der Waals surface area contributed by atoms with E-state index in [0.29, 0.717) is 16.3 Å². The van der Waals surface area contributed by atoms with Gasteiger partial charge in [-0.05, 0) is 18.2 Å². The van der Waals surface area contributed by atoms with Gasteiger partial charge >= 0.3 is 0 Å². The number of benzene rings is 2. The van der Waals surface area contributed by atoms with Crippen molar-refractivity contribution in [2.45, 2.75) is 23.5 Å². The predicted octanol–water partition coefficient (Wildman–Crippen LogP) is 2.67. The first kappa shape index (κ1) is 19.1. The second-order valence-electron chi connectivity index (χ2n) is 6.78. The predicted molar refractivity (Wildman–Crippen MR) is 101 cm³/mol. The van der Waals surface area contributed by atoms with Gasteiger partial charge in [0.2, 0.25) is 11.9 Å². The van der Waals surface area contributed by atoms with E-state index in [1.54, 1.807) is 12.1 Å². The Bertz CT molecular complexity index is 1000. The molecule has 1 fully saturated rings. The van der Waals surface area contributed by atoms with Gasteiger partial charge in [0.15, 0.2) is 0 Å². The summed E-state index contributed by atoms with van der Waals surface area (Å²) in [6.45, 7) is -0.609. The lowest BCUT2D eigenvalue weighted by atomic mass is 9.74. The normalized spacial score (nSPS) is 28.4. The topological polar surface area (TPSA) is 104 Å². The number of carbonyl (C=O) groups excluding carboxylic acids is 1. The molecular formula is C18H14Cl2FN3O4. The van der Waals surface area contributed by atoms with Crippen molar-refractivity contribution < 1.29 is 19.2 Å². The van der Waals surface area contributed by atoms with Crippen LogP contribution in [-0.4, -0.2) is 34.6 Å². The van der Waals surface area contributed by atoms with Crippen LogP contribution in [0.25, 0.3) is 0 Å². The van der Waals surface area contributed by atoms with Crippen molar-refractivity contribution in [3.8, 4) is 0 Å². The average Bonchev–Trinajstić information content (AvgIpc) is 3.13. The Morgan fingerprint density at radius 1 is 1.29 bits per heavy atom. The third kappa shape index (κ3) is 2.52. The van der Waals surface area contributed by atoms with E-state index in [9.17, 15) is 24.4 Å². The zero-order valence-corrected chi connectivity index (χ0v) is 15.7. The number of nitro groups is 1. The molecule has 2 aromatic carbocycles. The van der Waals surface area contributed by atoms with Crippen LogP contribution in [0, 0.1) is 15.9 Å². The number of anilines is 1. The molecule has 28 heavy (non-hydrogen) atoms. The monoisotopic (exact) mass is 425 g/mol. The van der Waals surface area contributed by atoms with Crippen molar-refractivity contribution in [3.63, 3.8) is 0 Å². The van der Waals surface area contributed by atoms with Crippen LogP contribution in [0.1, 0.15) is 17.0 Å². The first-order valence-corrected chi connectivity index (χ1v) is 9.14. The molecule has 7 nitrogen and oxygen atoms in total. The number of halogens is 3. The molecule has 2 heterocycles. The van der Waals surface area contributed by atoms with Crippen LogP contribution in [-0.2, 0) is 10.3 Å². The molecule has 1 saturated heterocycles. The molecule has 1 spiro atoms. The molecule has 3 N–H and O–H groups in total. The fourth-order valence-corrected chi connectivity index (χ4v) is 4.67. The van der Waals surface area contributed by atoms with Crippen molar-refractivity contribution in [2.24, 2.45) is 0 Å². The molecule has 2 aliphatic heterocycles. The summed E-state index contributed by atoms with van der Waals surface area (Å²) in [6.07, 6.45) is 0. The van der Waals surface area contributed by atoms with Crippen LogP contribution >= 0.6 is 23.2 Å². The third-order valence-corrected chi connectivity index (χ3v) is 5.93. The third-order valence-electron chi connectivity index (χ3n) is 5.40. The molecule has 4 rings (SSSR count). The Morgan fingerprint density at radius 3 is 2.71 bits per heavy atom. The summed E-state index contributed by atoms with van der Waals surface area (Å²) >= 11 is 11.9. The lowest BCUT2D eigenvalue weighted by molar-refractivity contribution is -0.527. The highest BCUT2D eigenvalue weighted by Gasteiger charge is 2.67. The smallest absolute Gasteiger partial charge is 0.250 e. The molecule has 10 heteroatoms. The van der Waals surface area contributed by atoms with Gasteiger partial charge in [0.1, 0.15) is 17.4 Å². The lowest BCUT2D eigenvalue weighted by Gasteiger charge is -2.30. The number of rotatable bonds is 3. The highest BCUT2D eigenvalue weighted by atomic mass is 35.5. The van der Waals surface area contributed by atoms with E-state index in [1.165, 1.54) is 24.3 Å². The zero-order valence-electron chi connectivity index (χ0n) is 14.2. The first-order chi connectivity index (χ1) is 13.3. The number of fused-ring (bicyclic) bond motifs is 2. The Kier molecular flexibility index (Phi) is 4.54. The van der Waals surface area contributed by atoms with Gasteiger partial charge < -0.3 is 10.4 Å². The molecule has 1 amide bonds. The van der Waals surface area contributed by atoms with Crippen LogP contribution in [0.2, 0.25) is 10.0 Å². The number of carbonyl (C=O) groups is 1. The van der Waals surface area contributed by atoms with Crippen LogP contribution in [0.3, 0.4) is 0 Å². The number of hydrogen-bond acceptors (Lipinski definition) is 5. The standard InChI is InChI=1S/C18H14Cl2FN3O4/c19-8-4-5-10-12(6-8)22-17(26)18(10)14(9-2-1-3-11(20)15(9)21)16(24(27)28)13(7-25)23-18/h1-6,13-14,16,23,25H,7H2,(H,22,26)/t13-,14-,16+,18+/m0/s1. The van der Waals surface area contributed by atoms with Crippen LogP contribution in [0.5, 0.6) is 0 Å².